The smallest absolute Gasteiger partial charge is 0.418 e. The number of hydrogen-bond donors (Lipinski definition) is 0. The number of carbonyl (C=O) groups excluding carboxylic acids is 1. The first-order valence-corrected chi connectivity index (χ1v) is 5.19. The van der Waals surface area contributed by atoms with Crippen molar-refractivity contribution in [2.75, 3.05) is 0 Å². The molecule has 1 aromatic heterocycles. The zero-order chi connectivity index (χ0) is 14.1. The van der Waals surface area contributed by atoms with Gasteiger partial charge < -0.3 is 4.74 Å². The van der Waals surface area contributed by atoms with Gasteiger partial charge in [-0.2, -0.15) is 13.2 Å². The number of rotatable bonds is 1. The van der Waals surface area contributed by atoms with Gasteiger partial charge in [-0.05, 0) is 32.9 Å². The predicted molar refractivity (Wildman–Crippen MR) is 61.2 cm³/mol. The molecule has 3 nitrogen and oxygen atoms in total. The zero-order valence-corrected chi connectivity index (χ0v) is 10.3. The van der Waals surface area contributed by atoms with Gasteiger partial charge in [0.25, 0.3) is 0 Å². The summed E-state index contributed by atoms with van der Waals surface area (Å²) in [5.74, 6) is 0. The SMILES string of the molecule is C=C(c1cccn1C(=O)OC(C)(C)C)C(F)(F)F. The lowest BCUT2D eigenvalue weighted by atomic mass is 10.2. The molecule has 0 amide bonds. The first-order chi connectivity index (χ1) is 8.02. The standard InChI is InChI=1S/C12H14F3NO2/c1-8(12(13,14)15)9-6-5-7-16(9)10(17)18-11(2,3)4/h5-7H,1H2,2-4H3. The van der Waals surface area contributed by atoms with Crippen molar-refractivity contribution in [3.05, 3.63) is 30.6 Å². The van der Waals surface area contributed by atoms with Gasteiger partial charge in [0.1, 0.15) is 5.60 Å². The number of halogens is 3. The summed E-state index contributed by atoms with van der Waals surface area (Å²) in [7, 11) is 0. The van der Waals surface area contributed by atoms with Crippen LogP contribution in [0.15, 0.2) is 24.9 Å². The summed E-state index contributed by atoms with van der Waals surface area (Å²) in [6.45, 7) is 7.85. The normalized spacial score (nSPS) is 12.3. The maximum atomic E-state index is 12.5. The second kappa shape index (κ2) is 4.51. The number of alkyl halides is 3. The molecule has 0 fully saturated rings. The predicted octanol–water partition coefficient (Wildman–Crippen LogP) is 3.85. The van der Waals surface area contributed by atoms with Gasteiger partial charge in [-0.15, -0.1) is 0 Å². The fourth-order valence-electron chi connectivity index (χ4n) is 1.24. The molecule has 0 aliphatic carbocycles. The molecule has 0 spiro atoms. The summed E-state index contributed by atoms with van der Waals surface area (Å²) >= 11 is 0. The van der Waals surface area contributed by atoms with Gasteiger partial charge in [-0.1, -0.05) is 6.58 Å². The van der Waals surface area contributed by atoms with E-state index in [1.54, 1.807) is 20.8 Å². The average molecular weight is 261 g/mol. The lowest BCUT2D eigenvalue weighted by molar-refractivity contribution is -0.0690. The maximum absolute atomic E-state index is 12.5. The van der Waals surface area contributed by atoms with Crippen LogP contribution in [0.5, 0.6) is 0 Å². The molecule has 0 bridgehead atoms. The topological polar surface area (TPSA) is 31.2 Å². The van der Waals surface area contributed by atoms with Crippen LogP contribution in [-0.2, 0) is 4.74 Å². The summed E-state index contributed by atoms with van der Waals surface area (Å²) in [5.41, 5.74) is -2.19. The second-order valence-electron chi connectivity index (χ2n) is 4.72. The summed E-state index contributed by atoms with van der Waals surface area (Å²) in [5, 5.41) is 0. The molecule has 0 saturated carbocycles. The lowest BCUT2D eigenvalue weighted by Crippen LogP contribution is -2.28. The van der Waals surface area contributed by atoms with Crippen molar-refractivity contribution in [3.8, 4) is 0 Å². The van der Waals surface area contributed by atoms with E-state index >= 15 is 0 Å². The highest BCUT2D eigenvalue weighted by molar-refractivity contribution is 5.78. The molecule has 0 aromatic carbocycles. The molecular formula is C12H14F3NO2. The Hall–Kier alpha value is -1.72. The van der Waals surface area contributed by atoms with E-state index in [0.717, 1.165) is 4.57 Å². The Labute approximate surface area is 103 Å². The molecule has 1 heterocycles. The van der Waals surface area contributed by atoms with Gasteiger partial charge in [-0.25, -0.2) is 4.79 Å². The van der Waals surface area contributed by atoms with E-state index in [4.69, 9.17) is 4.74 Å². The molecule has 18 heavy (non-hydrogen) atoms. The molecular weight excluding hydrogens is 247 g/mol. The van der Waals surface area contributed by atoms with Crippen molar-refractivity contribution in [1.29, 1.82) is 0 Å². The van der Waals surface area contributed by atoms with Crippen molar-refractivity contribution in [3.63, 3.8) is 0 Å². The highest BCUT2D eigenvalue weighted by atomic mass is 19.4. The van der Waals surface area contributed by atoms with Crippen LogP contribution in [0.25, 0.3) is 5.57 Å². The summed E-state index contributed by atoms with van der Waals surface area (Å²) in [6.07, 6.45) is -4.24. The zero-order valence-electron chi connectivity index (χ0n) is 10.3. The maximum Gasteiger partial charge on any atom is 0.418 e. The fraction of sp³-hybridized carbons (Fsp3) is 0.417. The molecule has 1 rings (SSSR count). The van der Waals surface area contributed by atoms with E-state index in [1.807, 2.05) is 0 Å². The minimum Gasteiger partial charge on any atom is -0.443 e. The Morgan fingerprint density at radius 2 is 1.89 bits per heavy atom. The molecule has 100 valence electrons. The highest BCUT2D eigenvalue weighted by Gasteiger charge is 2.35. The number of hydrogen-bond acceptors (Lipinski definition) is 2. The Bertz CT molecular complexity index is 466. The van der Waals surface area contributed by atoms with Crippen LogP contribution in [0.4, 0.5) is 18.0 Å². The third kappa shape index (κ3) is 3.38. The summed E-state index contributed by atoms with van der Waals surface area (Å²) < 4.78 is 43.4. The van der Waals surface area contributed by atoms with E-state index in [0.29, 0.717) is 0 Å². The minimum atomic E-state index is -4.59. The largest absolute Gasteiger partial charge is 0.443 e. The first kappa shape index (κ1) is 14.3. The van der Waals surface area contributed by atoms with Crippen molar-refractivity contribution in [2.24, 2.45) is 0 Å². The minimum absolute atomic E-state index is 0.322. The second-order valence-corrected chi connectivity index (χ2v) is 4.72. The van der Waals surface area contributed by atoms with Crippen LogP contribution in [0.1, 0.15) is 26.5 Å². The number of allylic oxidation sites excluding steroid dienone is 1. The number of carbonyl (C=O) groups is 1. The van der Waals surface area contributed by atoms with Crippen LogP contribution in [0, 0.1) is 0 Å². The Kier molecular flexibility index (Phi) is 3.59. The molecule has 1 aromatic rings. The van der Waals surface area contributed by atoms with Crippen molar-refractivity contribution >= 4 is 11.7 Å². The third-order valence-corrected chi connectivity index (χ3v) is 1.99. The molecule has 0 atom stereocenters. The van der Waals surface area contributed by atoms with Gasteiger partial charge >= 0.3 is 12.3 Å². The third-order valence-electron chi connectivity index (χ3n) is 1.99. The van der Waals surface area contributed by atoms with Gasteiger partial charge in [0.05, 0.1) is 11.3 Å². The molecule has 0 saturated heterocycles. The van der Waals surface area contributed by atoms with Crippen LogP contribution in [0.2, 0.25) is 0 Å². The van der Waals surface area contributed by atoms with Crippen molar-refractivity contribution in [2.45, 2.75) is 32.5 Å². The van der Waals surface area contributed by atoms with E-state index in [1.165, 1.54) is 18.3 Å². The molecule has 6 heteroatoms. The molecule has 0 N–H and O–H groups in total. The van der Waals surface area contributed by atoms with Crippen molar-refractivity contribution < 1.29 is 22.7 Å². The Morgan fingerprint density at radius 3 is 2.33 bits per heavy atom. The number of nitrogens with zero attached hydrogens (tertiary/aromatic N) is 1. The van der Waals surface area contributed by atoms with Gasteiger partial charge in [0.2, 0.25) is 0 Å². The van der Waals surface area contributed by atoms with E-state index in [9.17, 15) is 18.0 Å². The number of ether oxygens (including phenoxy) is 1. The van der Waals surface area contributed by atoms with E-state index < -0.39 is 23.4 Å². The highest BCUT2D eigenvalue weighted by Crippen LogP contribution is 2.32. The van der Waals surface area contributed by atoms with Gasteiger partial charge in [0, 0.05) is 6.20 Å². The van der Waals surface area contributed by atoms with Gasteiger partial charge in [-0.3, -0.25) is 4.57 Å². The van der Waals surface area contributed by atoms with Crippen LogP contribution in [-0.4, -0.2) is 22.4 Å². The van der Waals surface area contributed by atoms with Crippen LogP contribution >= 0.6 is 0 Å². The van der Waals surface area contributed by atoms with Crippen LogP contribution < -0.4 is 0 Å². The van der Waals surface area contributed by atoms with Crippen molar-refractivity contribution in [1.82, 2.24) is 4.57 Å². The average Bonchev–Trinajstić information content (AvgIpc) is 2.60. The molecule has 0 aliphatic heterocycles. The monoisotopic (exact) mass is 261 g/mol. The number of aromatic nitrogens is 1. The lowest BCUT2D eigenvalue weighted by Gasteiger charge is -2.21. The van der Waals surface area contributed by atoms with Crippen LogP contribution in [0.3, 0.4) is 0 Å². The molecule has 0 radical (unpaired) electrons. The van der Waals surface area contributed by atoms with E-state index in [-0.39, 0.29) is 5.69 Å². The Balaban J connectivity index is 3.04. The molecule has 0 unspecified atom stereocenters. The molecule has 0 aliphatic rings. The van der Waals surface area contributed by atoms with E-state index in [2.05, 4.69) is 6.58 Å². The Morgan fingerprint density at radius 1 is 1.33 bits per heavy atom. The first-order valence-electron chi connectivity index (χ1n) is 5.19. The fourth-order valence-corrected chi connectivity index (χ4v) is 1.24. The summed E-state index contributed by atoms with van der Waals surface area (Å²) in [6, 6.07) is 2.50. The van der Waals surface area contributed by atoms with Gasteiger partial charge in [0.15, 0.2) is 0 Å². The quantitative estimate of drug-likeness (QED) is 0.769. The summed E-state index contributed by atoms with van der Waals surface area (Å²) in [4.78, 5) is 11.7.